The quantitative estimate of drug-likeness (QED) is 0.837. The minimum atomic E-state index is 0.680. The molecule has 2 unspecified atom stereocenters. The molecule has 88 valence electrons. The van der Waals surface area contributed by atoms with Crippen LogP contribution in [0.1, 0.15) is 39.0 Å². The van der Waals surface area contributed by atoms with E-state index >= 15 is 0 Å². The van der Waals surface area contributed by atoms with E-state index in [1.807, 2.05) is 0 Å². The number of nitrogens with one attached hydrogen (secondary N) is 1. The molecular weight excluding hydrogens is 262 g/mol. The van der Waals surface area contributed by atoms with Crippen LogP contribution in [0.4, 0.5) is 5.69 Å². The Bertz CT molecular complexity index is 320. The Kier molecular flexibility index (Phi) is 4.28. The second-order valence-corrected chi connectivity index (χ2v) is 5.70. The molecule has 1 aromatic rings. The first-order valence-corrected chi connectivity index (χ1v) is 7.09. The van der Waals surface area contributed by atoms with Gasteiger partial charge in [0.1, 0.15) is 0 Å². The second kappa shape index (κ2) is 5.72. The highest BCUT2D eigenvalue weighted by atomic mass is 79.9. The Morgan fingerprint density at radius 1 is 1.25 bits per heavy atom. The van der Waals surface area contributed by atoms with Gasteiger partial charge in [-0.15, -0.1) is 0 Å². The zero-order valence-corrected chi connectivity index (χ0v) is 11.5. The Labute approximate surface area is 107 Å². The van der Waals surface area contributed by atoms with Gasteiger partial charge >= 0.3 is 0 Å². The molecule has 0 saturated heterocycles. The zero-order chi connectivity index (χ0) is 11.4. The van der Waals surface area contributed by atoms with Crippen LogP contribution in [-0.4, -0.2) is 6.04 Å². The summed E-state index contributed by atoms with van der Waals surface area (Å²) in [6, 6.07) is 9.18. The van der Waals surface area contributed by atoms with Crippen molar-refractivity contribution < 1.29 is 0 Å². The fourth-order valence-corrected chi connectivity index (χ4v) is 2.84. The van der Waals surface area contributed by atoms with Crippen LogP contribution in [0.25, 0.3) is 0 Å². The average Bonchev–Trinajstić information content (AvgIpc) is 2.32. The first-order chi connectivity index (χ1) is 7.78. The third kappa shape index (κ3) is 3.24. The van der Waals surface area contributed by atoms with E-state index in [1.54, 1.807) is 0 Å². The first-order valence-electron chi connectivity index (χ1n) is 6.30. The van der Waals surface area contributed by atoms with Crippen molar-refractivity contribution in [3.8, 4) is 0 Å². The molecule has 1 aliphatic carbocycles. The van der Waals surface area contributed by atoms with Gasteiger partial charge in [-0.05, 0) is 43.0 Å². The number of rotatable bonds is 3. The van der Waals surface area contributed by atoms with Gasteiger partial charge in [-0.1, -0.05) is 42.1 Å². The van der Waals surface area contributed by atoms with Gasteiger partial charge in [-0.3, -0.25) is 0 Å². The van der Waals surface area contributed by atoms with E-state index in [-0.39, 0.29) is 0 Å². The smallest absolute Gasteiger partial charge is 0.0343 e. The molecule has 0 heterocycles. The molecule has 0 aliphatic heterocycles. The van der Waals surface area contributed by atoms with E-state index in [0.29, 0.717) is 6.04 Å². The molecule has 2 heteroatoms. The fourth-order valence-electron chi connectivity index (χ4n) is 2.57. The third-order valence-corrected chi connectivity index (χ3v) is 4.10. The van der Waals surface area contributed by atoms with Crippen molar-refractivity contribution in [2.24, 2.45) is 5.92 Å². The van der Waals surface area contributed by atoms with Gasteiger partial charge in [0.25, 0.3) is 0 Å². The van der Waals surface area contributed by atoms with E-state index in [9.17, 15) is 0 Å². The van der Waals surface area contributed by atoms with E-state index in [0.717, 1.165) is 10.4 Å². The maximum absolute atomic E-state index is 3.65. The van der Waals surface area contributed by atoms with Gasteiger partial charge in [0.2, 0.25) is 0 Å². The largest absolute Gasteiger partial charge is 0.382 e. The molecule has 0 amide bonds. The van der Waals surface area contributed by atoms with E-state index in [1.165, 1.54) is 37.8 Å². The molecule has 1 fully saturated rings. The van der Waals surface area contributed by atoms with Gasteiger partial charge in [-0.2, -0.15) is 0 Å². The molecule has 16 heavy (non-hydrogen) atoms. The molecule has 0 spiro atoms. The predicted octanol–water partition coefficient (Wildman–Crippen LogP) is 4.83. The Hall–Kier alpha value is -0.500. The minimum Gasteiger partial charge on any atom is -0.382 e. The summed E-state index contributed by atoms with van der Waals surface area (Å²) in [6.07, 6.45) is 6.80. The fraction of sp³-hybridized carbons (Fsp3) is 0.571. The molecule has 1 nitrogen and oxygen atoms in total. The monoisotopic (exact) mass is 281 g/mol. The van der Waals surface area contributed by atoms with Crippen molar-refractivity contribution in [2.75, 3.05) is 5.32 Å². The van der Waals surface area contributed by atoms with Gasteiger partial charge < -0.3 is 5.32 Å². The molecule has 1 N–H and O–H groups in total. The maximum atomic E-state index is 3.65. The number of hydrogen-bond donors (Lipinski definition) is 1. The van der Waals surface area contributed by atoms with Crippen LogP contribution in [-0.2, 0) is 0 Å². The lowest BCUT2D eigenvalue weighted by atomic mass is 9.84. The highest BCUT2D eigenvalue weighted by Gasteiger charge is 2.20. The minimum absolute atomic E-state index is 0.680. The van der Waals surface area contributed by atoms with E-state index in [4.69, 9.17) is 0 Å². The normalized spacial score (nSPS) is 25.4. The topological polar surface area (TPSA) is 12.0 Å². The predicted molar refractivity (Wildman–Crippen MR) is 73.8 cm³/mol. The summed E-state index contributed by atoms with van der Waals surface area (Å²) in [7, 11) is 0. The van der Waals surface area contributed by atoms with Crippen LogP contribution in [0.2, 0.25) is 0 Å². The Morgan fingerprint density at radius 3 is 2.69 bits per heavy atom. The van der Waals surface area contributed by atoms with Crippen LogP contribution in [0, 0.1) is 5.92 Å². The van der Waals surface area contributed by atoms with Crippen molar-refractivity contribution in [2.45, 2.75) is 45.1 Å². The van der Waals surface area contributed by atoms with Gasteiger partial charge in [-0.25, -0.2) is 0 Å². The summed E-state index contributed by atoms with van der Waals surface area (Å²) >= 11 is 3.46. The molecule has 2 atom stereocenters. The van der Waals surface area contributed by atoms with Crippen LogP contribution < -0.4 is 5.32 Å². The molecule has 0 aromatic heterocycles. The molecule has 2 rings (SSSR count). The van der Waals surface area contributed by atoms with Crippen LogP contribution >= 0.6 is 15.9 Å². The number of benzene rings is 1. The van der Waals surface area contributed by atoms with Crippen LogP contribution in [0.15, 0.2) is 28.7 Å². The highest BCUT2D eigenvalue weighted by Crippen LogP contribution is 2.28. The van der Waals surface area contributed by atoms with Crippen molar-refractivity contribution >= 4 is 21.6 Å². The first kappa shape index (κ1) is 12.0. The number of halogens is 1. The summed E-state index contributed by atoms with van der Waals surface area (Å²) < 4.78 is 1.15. The Morgan fingerprint density at radius 2 is 2.00 bits per heavy atom. The summed E-state index contributed by atoms with van der Waals surface area (Å²) in [5.74, 6) is 0.932. The summed E-state index contributed by atoms with van der Waals surface area (Å²) in [6.45, 7) is 2.31. The highest BCUT2D eigenvalue weighted by molar-refractivity contribution is 9.10. The standard InChI is InChI=1S/C14H20BrN/c1-2-11-4-3-5-14(10-11)16-13-8-6-12(15)7-9-13/h6-9,11,14,16H,2-5,10H2,1H3. The van der Waals surface area contributed by atoms with E-state index < -0.39 is 0 Å². The summed E-state index contributed by atoms with van der Waals surface area (Å²) in [5.41, 5.74) is 1.25. The lowest BCUT2D eigenvalue weighted by Gasteiger charge is -2.29. The second-order valence-electron chi connectivity index (χ2n) is 4.79. The van der Waals surface area contributed by atoms with Gasteiger partial charge in [0.15, 0.2) is 0 Å². The van der Waals surface area contributed by atoms with Crippen molar-refractivity contribution in [3.05, 3.63) is 28.7 Å². The van der Waals surface area contributed by atoms with Crippen molar-refractivity contribution in [1.29, 1.82) is 0 Å². The van der Waals surface area contributed by atoms with Crippen LogP contribution in [0.3, 0.4) is 0 Å². The van der Waals surface area contributed by atoms with Gasteiger partial charge in [0.05, 0.1) is 0 Å². The Balaban J connectivity index is 1.91. The molecule has 0 bridgehead atoms. The lowest BCUT2D eigenvalue weighted by Crippen LogP contribution is -2.26. The number of hydrogen-bond acceptors (Lipinski definition) is 1. The summed E-state index contributed by atoms with van der Waals surface area (Å²) in [5, 5.41) is 3.65. The lowest BCUT2D eigenvalue weighted by molar-refractivity contribution is 0.327. The SMILES string of the molecule is CCC1CCCC(Nc2ccc(Br)cc2)C1. The zero-order valence-electron chi connectivity index (χ0n) is 9.88. The average molecular weight is 282 g/mol. The van der Waals surface area contributed by atoms with Gasteiger partial charge in [0, 0.05) is 16.2 Å². The summed E-state index contributed by atoms with van der Waals surface area (Å²) in [4.78, 5) is 0. The molecule has 1 aliphatic rings. The molecule has 1 aromatic carbocycles. The van der Waals surface area contributed by atoms with E-state index in [2.05, 4.69) is 52.4 Å². The molecular formula is C14H20BrN. The van der Waals surface area contributed by atoms with Crippen molar-refractivity contribution in [1.82, 2.24) is 0 Å². The molecule has 1 saturated carbocycles. The van der Waals surface area contributed by atoms with Crippen molar-refractivity contribution in [3.63, 3.8) is 0 Å². The van der Waals surface area contributed by atoms with Crippen LogP contribution in [0.5, 0.6) is 0 Å². The maximum Gasteiger partial charge on any atom is 0.0343 e. The number of anilines is 1. The molecule has 0 radical (unpaired) electrons. The third-order valence-electron chi connectivity index (χ3n) is 3.58.